The number of hydrogen-bond donors (Lipinski definition) is 0. The van der Waals surface area contributed by atoms with Gasteiger partial charge in [0.15, 0.2) is 0 Å². The predicted molar refractivity (Wildman–Crippen MR) is 214 cm³/mol. The first-order valence-electron chi connectivity index (χ1n) is 25.0. The van der Waals surface area contributed by atoms with Crippen LogP contribution in [0.3, 0.4) is 0 Å². The second kappa shape index (κ2) is 15.8. The summed E-state index contributed by atoms with van der Waals surface area (Å²) in [6.45, 7) is 0. The van der Waals surface area contributed by atoms with E-state index in [0.29, 0.717) is 0 Å². The third kappa shape index (κ3) is 7.24. The molecule has 1 heteroatoms. The first-order chi connectivity index (χ1) is 25.2. The van der Waals surface area contributed by atoms with E-state index in [1.165, 1.54) is 19.3 Å². The molecule has 0 aliphatic heterocycles. The van der Waals surface area contributed by atoms with Crippen LogP contribution in [0.1, 0.15) is 212 Å². The third-order valence-corrected chi connectivity index (χ3v) is 20.5. The fourth-order valence-corrected chi connectivity index (χ4v) is 18.3. The van der Waals surface area contributed by atoms with Crippen LogP contribution in [0.2, 0.25) is 0 Å². The van der Waals surface area contributed by atoms with Gasteiger partial charge in [-0.3, -0.25) is 4.90 Å². The number of rotatable bonds is 6. The summed E-state index contributed by atoms with van der Waals surface area (Å²) in [6, 6.07) is 2.81. The highest BCUT2D eigenvalue weighted by Gasteiger charge is 2.54. The maximum atomic E-state index is 3.41. The van der Waals surface area contributed by atoms with Gasteiger partial charge < -0.3 is 0 Å². The van der Waals surface area contributed by atoms with Crippen molar-refractivity contribution in [3.8, 4) is 0 Å². The third-order valence-electron chi connectivity index (χ3n) is 20.5. The zero-order valence-electron chi connectivity index (χ0n) is 33.6. The van der Waals surface area contributed by atoms with Gasteiger partial charge in [-0.2, -0.15) is 0 Å². The highest BCUT2D eigenvalue weighted by molar-refractivity contribution is 5.05. The average molecular weight is 698 g/mol. The van der Waals surface area contributed by atoms with Gasteiger partial charge in [-0.1, -0.05) is 96.3 Å². The topological polar surface area (TPSA) is 3.24 Å². The van der Waals surface area contributed by atoms with Gasteiger partial charge in [-0.25, -0.2) is 0 Å². The van der Waals surface area contributed by atoms with E-state index in [-0.39, 0.29) is 0 Å². The Hall–Kier alpha value is -0.0400. The lowest BCUT2D eigenvalue weighted by molar-refractivity contribution is -0.0235. The Labute approximate surface area is 316 Å². The van der Waals surface area contributed by atoms with E-state index >= 15 is 0 Å². The lowest BCUT2D eigenvalue weighted by Crippen LogP contribution is -2.54. The average Bonchev–Trinajstić information content (AvgIpc) is 3.80. The highest BCUT2D eigenvalue weighted by Crippen LogP contribution is 2.61. The minimum Gasteiger partial charge on any atom is -0.294 e. The zero-order valence-corrected chi connectivity index (χ0v) is 33.6. The van der Waals surface area contributed by atoms with E-state index in [1.54, 1.807) is 193 Å². The van der Waals surface area contributed by atoms with Crippen molar-refractivity contribution in [2.45, 2.75) is 230 Å². The predicted octanol–water partition coefficient (Wildman–Crippen LogP) is 14.0. The molecule has 11 atom stereocenters. The van der Waals surface area contributed by atoms with Crippen molar-refractivity contribution in [3.63, 3.8) is 0 Å². The maximum absolute atomic E-state index is 3.41. The molecule has 10 rings (SSSR count). The van der Waals surface area contributed by atoms with Gasteiger partial charge in [0.2, 0.25) is 0 Å². The first-order valence-corrected chi connectivity index (χ1v) is 25.0. The molecule has 10 aliphatic rings. The maximum Gasteiger partial charge on any atom is 0.0104 e. The molecular weight excluding hydrogens is 615 g/mol. The van der Waals surface area contributed by atoms with E-state index < -0.39 is 0 Å². The molecule has 0 amide bonds. The van der Waals surface area contributed by atoms with Crippen LogP contribution in [0, 0.1) is 82.9 Å². The minimum atomic E-state index is 0.934. The summed E-state index contributed by atoms with van der Waals surface area (Å²) in [5.74, 6) is 15.6. The molecule has 0 bridgehead atoms. The van der Waals surface area contributed by atoms with Gasteiger partial charge in [0.25, 0.3) is 0 Å². The van der Waals surface area contributed by atoms with Crippen molar-refractivity contribution in [3.05, 3.63) is 0 Å². The summed E-state index contributed by atoms with van der Waals surface area (Å²) in [7, 11) is 0. The van der Waals surface area contributed by atoms with Crippen molar-refractivity contribution in [1.29, 1.82) is 0 Å². The Balaban J connectivity index is 0.816. The van der Waals surface area contributed by atoms with Crippen LogP contribution in [0.25, 0.3) is 0 Å². The molecule has 0 aromatic rings. The summed E-state index contributed by atoms with van der Waals surface area (Å²) in [5, 5.41) is 0. The highest BCUT2D eigenvalue weighted by atomic mass is 15.2. The van der Waals surface area contributed by atoms with E-state index in [1.807, 2.05) is 0 Å². The molecule has 0 heterocycles. The fourth-order valence-electron chi connectivity index (χ4n) is 18.3. The summed E-state index contributed by atoms with van der Waals surface area (Å²) >= 11 is 0. The van der Waals surface area contributed by atoms with E-state index in [0.717, 1.165) is 101 Å². The molecule has 10 fully saturated rings. The minimum absolute atomic E-state index is 0.934. The van der Waals surface area contributed by atoms with Crippen LogP contribution in [-0.2, 0) is 0 Å². The monoisotopic (exact) mass is 698 g/mol. The number of hydrogen-bond acceptors (Lipinski definition) is 1. The fraction of sp³-hybridized carbons (Fsp3) is 1.00. The van der Waals surface area contributed by atoms with Crippen molar-refractivity contribution in [2.24, 2.45) is 82.9 Å². The van der Waals surface area contributed by atoms with Gasteiger partial charge in [0.1, 0.15) is 0 Å². The molecule has 51 heavy (non-hydrogen) atoms. The second-order valence-electron chi connectivity index (χ2n) is 22.5. The second-order valence-corrected chi connectivity index (χ2v) is 22.5. The van der Waals surface area contributed by atoms with Gasteiger partial charge >= 0.3 is 0 Å². The first kappa shape index (κ1) is 35.4. The Bertz CT molecular complexity index is 1090. The molecule has 1 nitrogen and oxygen atoms in total. The summed E-state index contributed by atoms with van der Waals surface area (Å²) in [5.41, 5.74) is 0. The molecule has 288 valence electrons. The van der Waals surface area contributed by atoms with Crippen LogP contribution in [0.4, 0.5) is 0 Å². The largest absolute Gasteiger partial charge is 0.294 e. The van der Waals surface area contributed by atoms with Crippen LogP contribution in [0.5, 0.6) is 0 Å². The van der Waals surface area contributed by atoms with Gasteiger partial charge in [-0.05, 0) is 198 Å². The molecule has 0 saturated heterocycles. The quantitative estimate of drug-likeness (QED) is 0.267. The van der Waals surface area contributed by atoms with E-state index in [9.17, 15) is 0 Å². The molecule has 11 unspecified atom stereocenters. The molecule has 10 saturated carbocycles. The normalized spacial score (nSPS) is 51.0. The SMILES string of the molecule is C1CCC(C2CCC(N(C3CCC(C4CCC5CCCCC5C4)CC3)C3CCC4C(CC5CCCC(C6CC7CCCCC7C6)C54)C3)CC2)CC1. The number of fused-ring (bicyclic) bond motifs is 5. The van der Waals surface area contributed by atoms with E-state index in [2.05, 4.69) is 4.90 Å². The van der Waals surface area contributed by atoms with Gasteiger partial charge in [0, 0.05) is 18.1 Å². The Morgan fingerprint density at radius 3 is 1.25 bits per heavy atom. The molecule has 0 radical (unpaired) electrons. The smallest absolute Gasteiger partial charge is 0.0104 e. The van der Waals surface area contributed by atoms with Crippen molar-refractivity contribution < 1.29 is 0 Å². The molecule has 10 aliphatic carbocycles. The summed E-state index contributed by atoms with van der Waals surface area (Å²) in [6.07, 6.45) is 52.4. The van der Waals surface area contributed by atoms with Crippen molar-refractivity contribution in [2.75, 3.05) is 0 Å². The van der Waals surface area contributed by atoms with Crippen LogP contribution in [-0.4, -0.2) is 23.0 Å². The van der Waals surface area contributed by atoms with Crippen LogP contribution < -0.4 is 0 Å². The Morgan fingerprint density at radius 1 is 0.216 bits per heavy atom. The molecule has 0 spiro atoms. The van der Waals surface area contributed by atoms with Crippen LogP contribution in [0.15, 0.2) is 0 Å². The van der Waals surface area contributed by atoms with Crippen molar-refractivity contribution >= 4 is 0 Å². The van der Waals surface area contributed by atoms with E-state index in [4.69, 9.17) is 0 Å². The van der Waals surface area contributed by atoms with Crippen molar-refractivity contribution in [1.82, 2.24) is 4.90 Å². The molecule has 0 N–H and O–H groups in total. The standard InChI is InChI=1S/C50H83N/c1-2-9-34(10-3-1)36-19-23-45(24-20-36)51(46-25-21-37(22-26-46)41-18-17-35-11-4-5-12-38(35)29-41)47-27-28-49-44(33-47)32-42-15-8-16-48(50(42)49)43-30-39-13-6-7-14-40(39)31-43/h34-50H,1-33H2. The van der Waals surface area contributed by atoms with Gasteiger partial charge in [-0.15, -0.1) is 0 Å². The Morgan fingerprint density at radius 2 is 0.588 bits per heavy atom. The lowest BCUT2D eigenvalue weighted by atomic mass is 9.62. The Kier molecular flexibility index (Phi) is 11.0. The number of nitrogens with zero attached hydrogens (tertiary/aromatic N) is 1. The van der Waals surface area contributed by atoms with Gasteiger partial charge in [0.05, 0.1) is 0 Å². The molecule has 0 aromatic heterocycles. The lowest BCUT2D eigenvalue weighted by Gasteiger charge is -2.52. The summed E-state index contributed by atoms with van der Waals surface area (Å²) < 4.78 is 0. The zero-order chi connectivity index (χ0) is 33.7. The summed E-state index contributed by atoms with van der Waals surface area (Å²) in [4.78, 5) is 3.41. The van der Waals surface area contributed by atoms with Crippen LogP contribution >= 0.6 is 0 Å². The molecular formula is C50H83N. The molecule has 0 aromatic carbocycles.